The second kappa shape index (κ2) is 7.83. The summed E-state index contributed by atoms with van der Waals surface area (Å²) in [4.78, 5) is 17.5. The second-order valence-corrected chi connectivity index (χ2v) is 10.3. The lowest BCUT2D eigenvalue weighted by molar-refractivity contribution is -0.0366. The molecule has 2 aliphatic rings. The maximum absolute atomic E-state index is 12.7. The van der Waals surface area contributed by atoms with Crippen molar-refractivity contribution < 1.29 is 9.90 Å². The number of nitrogens with one attached hydrogen (secondary N) is 1. The molecule has 1 amide bonds. The Bertz CT molecular complexity index is 1430. The highest BCUT2D eigenvalue weighted by molar-refractivity contribution is 6.33. The third kappa shape index (κ3) is 3.78. The third-order valence-corrected chi connectivity index (χ3v) is 7.26. The van der Waals surface area contributed by atoms with Crippen LogP contribution in [0.1, 0.15) is 49.0 Å². The molecule has 3 heterocycles. The van der Waals surface area contributed by atoms with Crippen molar-refractivity contribution >= 4 is 34.8 Å². The Morgan fingerprint density at radius 3 is 2.59 bits per heavy atom. The standard InChI is InChI=1S/C25H23Cl2N5O2/c1-25(34)11-15(12-25)28-24(33)14-8-9-31-20(10-14)29-21(23(31)27)18-5-3-2-4-17(18)19-13-32(16-6-7-16)30-22(19)26/h2-5,8-10,13,15-16,34H,6-7,11-12H2,1H3,(H,28,33). The number of imidazole rings is 1. The first-order valence-corrected chi connectivity index (χ1v) is 12.1. The highest BCUT2D eigenvalue weighted by Crippen LogP contribution is 2.41. The molecule has 2 fully saturated rings. The van der Waals surface area contributed by atoms with Gasteiger partial charge in [0.2, 0.25) is 0 Å². The largest absolute Gasteiger partial charge is 0.390 e. The molecular formula is C25H23Cl2N5O2. The van der Waals surface area contributed by atoms with Crippen LogP contribution < -0.4 is 5.32 Å². The Morgan fingerprint density at radius 1 is 1.15 bits per heavy atom. The van der Waals surface area contributed by atoms with Crippen LogP contribution in [0.2, 0.25) is 10.3 Å². The number of aliphatic hydroxyl groups is 1. The number of hydrogen-bond acceptors (Lipinski definition) is 4. The maximum atomic E-state index is 12.7. The fourth-order valence-electron chi connectivity index (χ4n) is 4.70. The van der Waals surface area contributed by atoms with Crippen LogP contribution in [0.5, 0.6) is 0 Å². The van der Waals surface area contributed by atoms with Gasteiger partial charge in [-0.15, -0.1) is 0 Å². The predicted molar refractivity (Wildman–Crippen MR) is 131 cm³/mol. The summed E-state index contributed by atoms with van der Waals surface area (Å²) in [5.74, 6) is -0.191. The molecule has 34 heavy (non-hydrogen) atoms. The van der Waals surface area contributed by atoms with E-state index in [-0.39, 0.29) is 11.9 Å². The molecule has 2 saturated carbocycles. The Hall–Kier alpha value is -2.87. The number of halogens is 2. The fourth-order valence-corrected chi connectivity index (χ4v) is 5.23. The molecule has 174 valence electrons. The molecule has 0 saturated heterocycles. The Labute approximate surface area is 206 Å². The zero-order valence-corrected chi connectivity index (χ0v) is 20.0. The predicted octanol–water partition coefficient (Wildman–Crippen LogP) is 5.15. The van der Waals surface area contributed by atoms with Crippen LogP contribution in [0.4, 0.5) is 0 Å². The molecule has 0 bridgehead atoms. The van der Waals surface area contributed by atoms with Crippen LogP contribution in [0.15, 0.2) is 48.8 Å². The van der Waals surface area contributed by atoms with Crippen molar-refractivity contribution in [2.75, 3.05) is 0 Å². The summed E-state index contributed by atoms with van der Waals surface area (Å²) in [5.41, 5.74) is 3.57. The number of pyridine rings is 1. The summed E-state index contributed by atoms with van der Waals surface area (Å²) in [6, 6.07) is 11.7. The highest BCUT2D eigenvalue weighted by Gasteiger charge is 2.39. The molecule has 3 aromatic heterocycles. The molecule has 0 radical (unpaired) electrons. The summed E-state index contributed by atoms with van der Waals surface area (Å²) in [5, 5.41) is 18.3. The molecule has 0 atom stereocenters. The van der Waals surface area contributed by atoms with Gasteiger partial charge in [0.05, 0.1) is 11.6 Å². The molecule has 2 N–H and O–H groups in total. The SMILES string of the molecule is CC1(O)CC(NC(=O)c2ccn3c(Cl)c(-c4ccccc4-c4cn(C5CC5)nc4Cl)nc3c2)C1. The monoisotopic (exact) mass is 495 g/mol. The number of hydrogen-bond donors (Lipinski definition) is 2. The van der Waals surface area contributed by atoms with Gasteiger partial charge in [0.25, 0.3) is 5.91 Å². The lowest BCUT2D eigenvalue weighted by Crippen LogP contribution is -2.53. The highest BCUT2D eigenvalue weighted by atomic mass is 35.5. The van der Waals surface area contributed by atoms with E-state index in [0.717, 1.165) is 29.5 Å². The minimum atomic E-state index is -0.696. The van der Waals surface area contributed by atoms with E-state index in [4.69, 9.17) is 28.2 Å². The summed E-state index contributed by atoms with van der Waals surface area (Å²) >= 11 is 13.3. The molecule has 0 aliphatic heterocycles. The zero-order chi connectivity index (χ0) is 23.6. The average molecular weight is 496 g/mol. The summed E-state index contributed by atoms with van der Waals surface area (Å²) in [6.45, 7) is 1.78. The Kier molecular flexibility index (Phi) is 4.99. The van der Waals surface area contributed by atoms with Gasteiger partial charge >= 0.3 is 0 Å². The molecule has 9 heteroatoms. The number of carbonyl (C=O) groups excluding carboxylic acids is 1. The number of benzene rings is 1. The van der Waals surface area contributed by atoms with E-state index in [0.29, 0.717) is 46.1 Å². The smallest absolute Gasteiger partial charge is 0.251 e. The van der Waals surface area contributed by atoms with E-state index in [1.54, 1.807) is 29.7 Å². The first kappa shape index (κ1) is 21.6. The van der Waals surface area contributed by atoms with E-state index >= 15 is 0 Å². The summed E-state index contributed by atoms with van der Waals surface area (Å²) < 4.78 is 3.69. The van der Waals surface area contributed by atoms with Crippen molar-refractivity contribution in [3.8, 4) is 22.4 Å². The van der Waals surface area contributed by atoms with Gasteiger partial charge in [-0.05, 0) is 50.3 Å². The minimum Gasteiger partial charge on any atom is -0.390 e. The van der Waals surface area contributed by atoms with Gasteiger partial charge in [-0.3, -0.25) is 13.9 Å². The van der Waals surface area contributed by atoms with Crippen molar-refractivity contribution in [3.05, 3.63) is 64.7 Å². The molecule has 7 nitrogen and oxygen atoms in total. The van der Waals surface area contributed by atoms with Crippen LogP contribution in [-0.4, -0.2) is 41.8 Å². The average Bonchev–Trinajstić information content (AvgIpc) is 3.50. The first-order valence-electron chi connectivity index (χ1n) is 11.3. The normalized spacial score (nSPS) is 22.1. The van der Waals surface area contributed by atoms with Crippen molar-refractivity contribution in [2.45, 2.75) is 50.3 Å². The Morgan fingerprint density at radius 2 is 1.88 bits per heavy atom. The van der Waals surface area contributed by atoms with E-state index in [2.05, 4.69) is 10.4 Å². The van der Waals surface area contributed by atoms with Gasteiger partial charge in [0.1, 0.15) is 16.5 Å². The van der Waals surface area contributed by atoms with Crippen LogP contribution in [-0.2, 0) is 0 Å². The Balaban J connectivity index is 1.35. The maximum Gasteiger partial charge on any atom is 0.251 e. The van der Waals surface area contributed by atoms with Crippen LogP contribution in [0.3, 0.4) is 0 Å². The van der Waals surface area contributed by atoms with E-state index in [1.165, 1.54) is 0 Å². The molecule has 6 rings (SSSR count). The minimum absolute atomic E-state index is 0.0224. The molecule has 0 unspecified atom stereocenters. The van der Waals surface area contributed by atoms with Crippen molar-refractivity contribution in [2.24, 2.45) is 0 Å². The summed E-state index contributed by atoms with van der Waals surface area (Å²) in [7, 11) is 0. The van der Waals surface area contributed by atoms with Crippen molar-refractivity contribution in [3.63, 3.8) is 0 Å². The molecule has 1 aromatic carbocycles. The van der Waals surface area contributed by atoms with Gasteiger partial charge in [0.15, 0.2) is 5.15 Å². The lowest BCUT2D eigenvalue weighted by Gasteiger charge is -2.41. The zero-order valence-electron chi connectivity index (χ0n) is 18.5. The van der Waals surface area contributed by atoms with Crippen molar-refractivity contribution in [1.29, 1.82) is 0 Å². The van der Waals surface area contributed by atoms with Crippen LogP contribution in [0, 0.1) is 0 Å². The number of carbonyl (C=O) groups is 1. The van der Waals surface area contributed by atoms with Crippen molar-refractivity contribution in [1.82, 2.24) is 24.5 Å². The quantitative estimate of drug-likeness (QED) is 0.400. The fraction of sp³-hybridized carbons (Fsp3) is 0.320. The van der Waals surface area contributed by atoms with Crippen LogP contribution >= 0.6 is 23.2 Å². The summed E-state index contributed by atoms with van der Waals surface area (Å²) in [6.07, 6.45) is 7.08. The first-order chi connectivity index (χ1) is 16.3. The second-order valence-electron chi connectivity index (χ2n) is 9.56. The van der Waals surface area contributed by atoms with Crippen LogP contribution in [0.25, 0.3) is 28.0 Å². The number of aromatic nitrogens is 4. The number of rotatable bonds is 5. The van der Waals surface area contributed by atoms with Gasteiger partial charge in [-0.2, -0.15) is 5.10 Å². The molecule has 4 aromatic rings. The van der Waals surface area contributed by atoms with Gasteiger partial charge in [0, 0.05) is 35.1 Å². The van der Waals surface area contributed by atoms with E-state index < -0.39 is 5.60 Å². The van der Waals surface area contributed by atoms with E-state index in [1.807, 2.05) is 35.1 Å². The molecular weight excluding hydrogens is 473 g/mol. The molecule has 2 aliphatic carbocycles. The topological polar surface area (TPSA) is 84.5 Å². The lowest BCUT2D eigenvalue weighted by atomic mass is 9.77. The van der Waals surface area contributed by atoms with Gasteiger partial charge < -0.3 is 10.4 Å². The third-order valence-electron chi connectivity index (χ3n) is 6.62. The van der Waals surface area contributed by atoms with Gasteiger partial charge in [-0.25, -0.2) is 4.98 Å². The van der Waals surface area contributed by atoms with E-state index in [9.17, 15) is 9.90 Å². The van der Waals surface area contributed by atoms with Gasteiger partial charge in [-0.1, -0.05) is 47.5 Å². The number of nitrogens with zero attached hydrogens (tertiary/aromatic N) is 4. The molecule has 0 spiro atoms. The number of fused-ring (bicyclic) bond motifs is 1. The number of amides is 1.